The Labute approximate surface area is 106 Å². The van der Waals surface area contributed by atoms with Gasteiger partial charge in [0.1, 0.15) is 0 Å². The fourth-order valence-electron chi connectivity index (χ4n) is 2.43. The van der Waals surface area contributed by atoms with Crippen molar-refractivity contribution in [2.75, 3.05) is 0 Å². The summed E-state index contributed by atoms with van der Waals surface area (Å²) in [5.74, 6) is -1.04. The fraction of sp³-hybridized carbons (Fsp3) is 0.538. The highest BCUT2D eigenvalue weighted by Gasteiger charge is 2.27. The molecule has 0 aromatic carbocycles. The second-order valence-corrected chi connectivity index (χ2v) is 4.91. The van der Waals surface area contributed by atoms with Gasteiger partial charge in [-0.15, -0.1) is 0 Å². The summed E-state index contributed by atoms with van der Waals surface area (Å²) >= 11 is 0. The van der Waals surface area contributed by atoms with E-state index in [4.69, 9.17) is 5.11 Å². The number of hydrogen-bond donors (Lipinski definition) is 3. The number of aliphatic carboxylic acids is 1. The molecule has 5 nitrogen and oxygen atoms in total. The van der Waals surface area contributed by atoms with Crippen molar-refractivity contribution >= 4 is 11.9 Å². The van der Waals surface area contributed by atoms with Crippen molar-refractivity contribution in [1.82, 2.24) is 10.3 Å². The highest BCUT2D eigenvalue weighted by molar-refractivity contribution is 5.95. The molecule has 1 aromatic heterocycles. The number of carbonyl (C=O) groups excluding carboxylic acids is 1. The summed E-state index contributed by atoms with van der Waals surface area (Å²) in [6.07, 6.45) is 6.25. The number of carboxylic acid groups (broad SMARTS) is 1. The molecule has 1 amide bonds. The summed E-state index contributed by atoms with van der Waals surface area (Å²) in [5, 5.41) is 11.9. The lowest BCUT2D eigenvalue weighted by Crippen LogP contribution is -2.38. The molecule has 0 radical (unpaired) electrons. The molecule has 0 atom stereocenters. The van der Waals surface area contributed by atoms with E-state index in [1.165, 1.54) is 0 Å². The van der Waals surface area contributed by atoms with E-state index >= 15 is 0 Å². The number of hydrogen-bond acceptors (Lipinski definition) is 2. The number of nitrogens with one attached hydrogen (secondary N) is 2. The van der Waals surface area contributed by atoms with Crippen molar-refractivity contribution in [3.8, 4) is 0 Å². The molecule has 1 aromatic rings. The van der Waals surface area contributed by atoms with E-state index in [-0.39, 0.29) is 17.9 Å². The largest absolute Gasteiger partial charge is 0.481 e. The second kappa shape index (κ2) is 5.25. The predicted molar refractivity (Wildman–Crippen MR) is 66.4 cm³/mol. The quantitative estimate of drug-likeness (QED) is 0.763. The van der Waals surface area contributed by atoms with Crippen LogP contribution in [-0.2, 0) is 4.79 Å². The van der Waals surface area contributed by atoms with Crippen molar-refractivity contribution in [3.63, 3.8) is 0 Å². The maximum atomic E-state index is 12.0. The van der Waals surface area contributed by atoms with Gasteiger partial charge in [-0.05, 0) is 38.2 Å². The molecule has 2 rings (SSSR count). The summed E-state index contributed by atoms with van der Waals surface area (Å²) in [7, 11) is 0. The van der Waals surface area contributed by atoms with E-state index in [1.54, 1.807) is 12.4 Å². The number of aryl methyl sites for hydroxylation is 1. The Morgan fingerprint density at radius 3 is 2.44 bits per heavy atom. The zero-order valence-electron chi connectivity index (χ0n) is 10.4. The van der Waals surface area contributed by atoms with Gasteiger partial charge in [-0.2, -0.15) is 0 Å². The van der Waals surface area contributed by atoms with Gasteiger partial charge < -0.3 is 15.4 Å². The molecule has 1 aliphatic carbocycles. The summed E-state index contributed by atoms with van der Waals surface area (Å²) in [4.78, 5) is 25.7. The van der Waals surface area contributed by atoms with Crippen LogP contribution in [0.3, 0.4) is 0 Å². The lowest BCUT2D eigenvalue weighted by atomic mass is 9.86. The molecule has 0 aliphatic heterocycles. The first kappa shape index (κ1) is 12.7. The van der Waals surface area contributed by atoms with Gasteiger partial charge in [0.2, 0.25) is 0 Å². The third-order valence-corrected chi connectivity index (χ3v) is 3.61. The molecule has 1 aliphatic rings. The Bertz CT molecular complexity index is 445. The number of amides is 1. The smallest absolute Gasteiger partial charge is 0.306 e. The Balaban J connectivity index is 1.87. The van der Waals surface area contributed by atoms with Crippen molar-refractivity contribution in [1.29, 1.82) is 0 Å². The number of carbonyl (C=O) groups is 2. The molecule has 5 heteroatoms. The number of aromatic amines is 1. The predicted octanol–water partition coefficient (Wildman–Crippen LogP) is 1.70. The Kier molecular flexibility index (Phi) is 3.69. The van der Waals surface area contributed by atoms with E-state index in [2.05, 4.69) is 10.3 Å². The van der Waals surface area contributed by atoms with E-state index in [0.717, 1.165) is 18.4 Å². The first-order chi connectivity index (χ1) is 8.58. The third-order valence-electron chi connectivity index (χ3n) is 3.61. The lowest BCUT2D eigenvalue weighted by Gasteiger charge is -2.26. The average Bonchev–Trinajstić information content (AvgIpc) is 2.76. The molecule has 98 valence electrons. The third kappa shape index (κ3) is 2.72. The zero-order valence-corrected chi connectivity index (χ0v) is 10.4. The normalized spacial score (nSPS) is 23.6. The molecular formula is C13H18N2O3. The van der Waals surface area contributed by atoms with Gasteiger partial charge in [-0.25, -0.2) is 0 Å². The molecule has 1 heterocycles. The minimum atomic E-state index is -0.721. The molecule has 0 bridgehead atoms. The van der Waals surface area contributed by atoms with Crippen LogP contribution in [0.1, 0.15) is 41.6 Å². The van der Waals surface area contributed by atoms with Gasteiger partial charge in [0.15, 0.2) is 0 Å². The summed E-state index contributed by atoms with van der Waals surface area (Å²) < 4.78 is 0. The van der Waals surface area contributed by atoms with Crippen molar-refractivity contribution in [3.05, 3.63) is 23.5 Å². The first-order valence-corrected chi connectivity index (χ1v) is 6.25. The van der Waals surface area contributed by atoms with Gasteiger partial charge in [0, 0.05) is 18.4 Å². The van der Waals surface area contributed by atoms with Gasteiger partial charge in [-0.3, -0.25) is 9.59 Å². The SMILES string of the molecule is Cc1c[nH]cc1C(=O)NC1CCC(C(=O)O)CC1. The van der Waals surface area contributed by atoms with Gasteiger partial charge in [0.05, 0.1) is 11.5 Å². The Morgan fingerprint density at radius 2 is 1.94 bits per heavy atom. The van der Waals surface area contributed by atoms with Gasteiger partial charge in [0.25, 0.3) is 5.91 Å². The van der Waals surface area contributed by atoms with Gasteiger partial charge >= 0.3 is 5.97 Å². The van der Waals surface area contributed by atoms with Crippen LogP contribution in [0.2, 0.25) is 0 Å². The lowest BCUT2D eigenvalue weighted by molar-refractivity contribution is -0.142. The minimum Gasteiger partial charge on any atom is -0.481 e. The monoisotopic (exact) mass is 250 g/mol. The summed E-state index contributed by atoms with van der Waals surface area (Å²) in [5.41, 5.74) is 1.59. The highest BCUT2D eigenvalue weighted by atomic mass is 16.4. The van der Waals surface area contributed by atoms with Crippen LogP contribution in [0.15, 0.2) is 12.4 Å². The van der Waals surface area contributed by atoms with Crippen LogP contribution in [0.5, 0.6) is 0 Å². The van der Waals surface area contributed by atoms with Crippen molar-refractivity contribution in [2.24, 2.45) is 5.92 Å². The van der Waals surface area contributed by atoms with Crippen LogP contribution in [0.4, 0.5) is 0 Å². The number of carboxylic acids is 1. The fourth-order valence-corrected chi connectivity index (χ4v) is 2.43. The standard InChI is InChI=1S/C13H18N2O3/c1-8-6-14-7-11(8)12(16)15-10-4-2-9(3-5-10)13(17)18/h6-7,9-10,14H,2-5H2,1H3,(H,15,16)(H,17,18). The molecule has 0 unspecified atom stereocenters. The molecule has 0 saturated heterocycles. The topological polar surface area (TPSA) is 82.2 Å². The van der Waals surface area contributed by atoms with Crippen LogP contribution < -0.4 is 5.32 Å². The molecule has 0 spiro atoms. The second-order valence-electron chi connectivity index (χ2n) is 4.91. The Hall–Kier alpha value is -1.78. The molecule has 1 saturated carbocycles. The van der Waals surface area contributed by atoms with E-state index < -0.39 is 5.97 Å². The molecule has 18 heavy (non-hydrogen) atoms. The van der Waals surface area contributed by atoms with Crippen LogP contribution in [0, 0.1) is 12.8 Å². The minimum absolute atomic E-state index is 0.0764. The average molecular weight is 250 g/mol. The van der Waals surface area contributed by atoms with E-state index in [1.807, 2.05) is 6.92 Å². The molecular weight excluding hydrogens is 232 g/mol. The highest BCUT2D eigenvalue weighted by Crippen LogP contribution is 2.24. The molecule has 1 fully saturated rings. The van der Waals surface area contributed by atoms with E-state index in [0.29, 0.717) is 18.4 Å². The first-order valence-electron chi connectivity index (χ1n) is 6.25. The van der Waals surface area contributed by atoms with Crippen LogP contribution >= 0.6 is 0 Å². The van der Waals surface area contributed by atoms with Crippen LogP contribution in [-0.4, -0.2) is 28.0 Å². The van der Waals surface area contributed by atoms with Crippen molar-refractivity contribution in [2.45, 2.75) is 38.6 Å². The maximum Gasteiger partial charge on any atom is 0.306 e. The van der Waals surface area contributed by atoms with Crippen LogP contribution in [0.25, 0.3) is 0 Å². The summed E-state index contributed by atoms with van der Waals surface area (Å²) in [6, 6.07) is 0.0994. The summed E-state index contributed by atoms with van der Waals surface area (Å²) in [6.45, 7) is 1.88. The Morgan fingerprint density at radius 1 is 1.28 bits per heavy atom. The zero-order chi connectivity index (χ0) is 13.1. The number of rotatable bonds is 3. The number of H-pyrrole nitrogens is 1. The molecule has 3 N–H and O–H groups in total. The number of aromatic nitrogens is 1. The van der Waals surface area contributed by atoms with Gasteiger partial charge in [-0.1, -0.05) is 0 Å². The maximum absolute atomic E-state index is 12.0. The van der Waals surface area contributed by atoms with Crippen molar-refractivity contribution < 1.29 is 14.7 Å². The van der Waals surface area contributed by atoms with E-state index in [9.17, 15) is 9.59 Å².